The Labute approximate surface area is 141 Å². The fourth-order valence-electron chi connectivity index (χ4n) is 2.02. The van der Waals surface area contributed by atoms with E-state index >= 15 is 0 Å². The van der Waals surface area contributed by atoms with Gasteiger partial charge in [0.15, 0.2) is 0 Å². The van der Waals surface area contributed by atoms with Gasteiger partial charge in [-0.25, -0.2) is 4.79 Å². The Morgan fingerprint density at radius 3 is 2.04 bits per heavy atom. The van der Waals surface area contributed by atoms with E-state index in [2.05, 4.69) is 0 Å². The molecule has 0 aliphatic carbocycles. The summed E-state index contributed by atoms with van der Waals surface area (Å²) in [4.78, 5) is 23.7. The summed E-state index contributed by atoms with van der Waals surface area (Å²) in [6.45, 7) is 3.57. The van der Waals surface area contributed by atoms with Crippen LogP contribution in [0.4, 0.5) is 0 Å². The topological polar surface area (TPSA) is 61.8 Å². The zero-order valence-electron chi connectivity index (χ0n) is 13.9. The van der Waals surface area contributed by atoms with Crippen LogP contribution in [0.5, 0.6) is 11.5 Å². The highest BCUT2D eigenvalue weighted by Crippen LogP contribution is 2.16. The molecule has 0 aliphatic rings. The van der Waals surface area contributed by atoms with Crippen LogP contribution in [0.3, 0.4) is 0 Å². The molecular weight excluding hydrogens is 308 g/mol. The smallest absolute Gasteiger partial charge is 0.338 e. The summed E-state index contributed by atoms with van der Waals surface area (Å²) in [6.07, 6.45) is -0.0271. The SMILES string of the molecule is COc1ccc(CC(=O)Oc2ccc(C(=O)OC(C)C)cc2)cc1. The van der Waals surface area contributed by atoms with E-state index in [4.69, 9.17) is 14.2 Å². The first-order valence-electron chi connectivity index (χ1n) is 7.62. The van der Waals surface area contributed by atoms with E-state index in [0.29, 0.717) is 11.3 Å². The number of carbonyl (C=O) groups excluding carboxylic acids is 2. The molecule has 0 unspecified atom stereocenters. The molecule has 0 bridgehead atoms. The molecule has 0 saturated carbocycles. The van der Waals surface area contributed by atoms with Crippen LogP contribution < -0.4 is 9.47 Å². The molecule has 0 heterocycles. The van der Waals surface area contributed by atoms with E-state index < -0.39 is 5.97 Å². The highest BCUT2D eigenvalue weighted by Gasteiger charge is 2.11. The second kappa shape index (κ2) is 8.15. The highest BCUT2D eigenvalue weighted by molar-refractivity contribution is 5.89. The second-order valence-electron chi connectivity index (χ2n) is 5.48. The summed E-state index contributed by atoms with van der Waals surface area (Å²) < 4.78 is 15.4. The molecule has 2 aromatic carbocycles. The molecule has 0 aromatic heterocycles. The first kappa shape index (κ1) is 17.5. The minimum Gasteiger partial charge on any atom is -0.497 e. The second-order valence-corrected chi connectivity index (χ2v) is 5.48. The van der Waals surface area contributed by atoms with E-state index in [-0.39, 0.29) is 18.5 Å². The molecular formula is C19H20O5. The van der Waals surface area contributed by atoms with Crippen molar-refractivity contribution in [2.24, 2.45) is 0 Å². The third kappa shape index (κ3) is 5.12. The fraction of sp³-hybridized carbons (Fsp3) is 0.263. The molecule has 0 amide bonds. The molecule has 126 valence electrons. The van der Waals surface area contributed by atoms with Gasteiger partial charge in [0.25, 0.3) is 0 Å². The average molecular weight is 328 g/mol. The van der Waals surface area contributed by atoms with Crippen LogP contribution in [0.2, 0.25) is 0 Å². The van der Waals surface area contributed by atoms with Gasteiger partial charge in [0.1, 0.15) is 11.5 Å². The lowest BCUT2D eigenvalue weighted by Crippen LogP contribution is -2.13. The number of hydrogen-bond donors (Lipinski definition) is 0. The van der Waals surface area contributed by atoms with Gasteiger partial charge in [0.2, 0.25) is 0 Å². The van der Waals surface area contributed by atoms with E-state index in [1.807, 2.05) is 12.1 Å². The van der Waals surface area contributed by atoms with Crippen LogP contribution in [-0.2, 0) is 16.0 Å². The molecule has 0 spiro atoms. The average Bonchev–Trinajstić information content (AvgIpc) is 2.55. The lowest BCUT2D eigenvalue weighted by Gasteiger charge is -2.09. The van der Waals surface area contributed by atoms with Crippen molar-refractivity contribution < 1.29 is 23.8 Å². The Morgan fingerprint density at radius 1 is 0.917 bits per heavy atom. The Balaban J connectivity index is 1.92. The van der Waals surface area contributed by atoms with E-state index in [0.717, 1.165) is 11.3 Å². The van der Waals surface area contributed by atoms with Crippen molar-refractivity contribution in [3.8, 4) is 11.5 Å². The molecule has 0 aliphatic heterocycles. The zero-order valence-corrected chi connectivity index (χ0v) is 13.9. The van der Waals surface area contributed by atoms with Gasteiger partial charge in [0.05, 0.1) is 25.2 Å². The number of benzene rings is 2. The van der Waals surface area contributed by atoms with Crippen molar-refractivity contribution in [1.82, 2.24) is 0 Å². The first-order valence-corrected chi connectivity index (χ1v) is 7.62. The molecule has 0 saturated heterocycles. The van der Waals surface area contributed by atoms with Crippen LogP contribution in [0.1, 0.15) is 29.8 Å². The number of rotatable bonds is 6. The maximum atomic E-state index is 12.0. The predicted octanol–water partition coefficient (Wildman–Crippen LogP) is 3.41. The zero-order chi connectivity index (χ0) is 17.5. The first-order chi connectivity index (χ1) is 11.5. The van der Waals surface area contributed by atoms with Gasteiger partial charge >= 0.3 is 11.9 Å². The van der Waals surface area contributed by atoms with Crippen LogP contribution in [0.25, 0.3) is 0 Å². The van der Waals surface area contributed by atoms with Gasteiger partial charge in [-0.1, -0.05) is 12.1 Å². The number of ether oxygens (including phenoxy) is 3. The van der Waals surface area contributed by atoms with Crippen molar-refractivity contribution in [2.45, 2.75) is 26.4 Å². The van der Waals surface area contributed by atoms with Gasteiger partial charge < -0.3 is 14.2 Å². The largest absolute Gasteiger partial charge is 0.497 e. The quantitative estimate of drug-likeness (QED) is 0.601. The molecule has 2 aromatic rings. The summed E-state index contributed by atoms with van der Waals surface area (Å²) in [5.74, 6) is 0.337. The number of methoxy groups -OCH3 is 1. The summed E-state index contributed by atoms with van der Waals surface area (Å²) in [6, 6.07) is 13.5. The van der Waals surface area contributed by atoms with Gasteiger partial charge in [-0.15, -0.1) is 0 Å². The van der Waals surface area contributed by atoms with Crippen LogP contribution >= 0.6 is 0 Å². The lowest BCUT2D eigenvalue weighted by molar-refractivity contribution is -0.133. The summed E-state index contributed by atoms with van der Waals surface area (Å²) in [7, 11) is 1.59. The van der Waals surface area contributed by atoms with E-state index in [1.165, 1.54) is 0 Å². The van der Waals surface area contributed by atoms with Crippen LogP contribution in [-0.4, -0.2) is 25.2 Å². The molecule has 0 fully saturated rings. The lowest BCUT2D eigenvalue weighted by atomic mass is 10.1. The molecule has 0 atom stereocenters. The van der Waals surface area contributed by atoms with Crippen LogP contribution in [0, 0.1) is 0 Å². The maximum absolute atomic E-state index is 12.0. The number of carbonyl (C=O) groups is 2. The third-order valence-corrected chi connectivity index (χ3v) is 3.17. The normalized spacial score (nSPS) is 10.3. The molecule has 5 heteroatoms. The van der Waals surface area contributed by atoms with Gasteiger partial charge in [-0.05, 0) is 55.8 Å². The van der Waals surface area contributed by atoms with E-state index in [1.54, 1.807) is 57.4 Å². The monoisotopic (exact) mass is 328 g/mol. The molecule has 2 rings (SSSR count). The van der Waals surface area contributed by atoms with Crippen molar-refractivity contribution in [1.29, 1.82) is 0 Å². The summed E-state index contributed by atoms with van der Waals surface area (Å²) in [5.41, 5.74) is 1.25. The van der Waals surface area contributed by atoms with Gasteiger partial charge in [-0.2, -0.15) is 0 Å². The number of esters is 2. The maximum Gasteiger partial charge on any atom is 0.338 e. The third-order valence-electron chi connectivity index (χ3n) is 3.17. The Morgan fingerprint density at radius 2 is 1.50 bits per heavy atom. The van der Waals surface area contributed by atoms with Gasteiger partial charge in [0, 0.05) is 0 Å². The van der Waals surface area contributed by atoms with Crippen molar-refractivity contribution in [2.75, 3.05) is 7.11 Å². The van der Waals surface area contributed by atoms with Crippen molar-refractivity contribution in [3.63, 3.8) is 0 Å². The number of hydrogen-bond acceptors (Lipinski definition) is 5. The van der Waals surface area contributed by atoms with Crippen molar-refractivity contribution >= 4 is 11.9 Å². The summed E-state index contributed by atoms with van der Waals surface area (Å²) in [5, 5.41) is 0. The Hall–Kier alpha value is -2.82. The highest BCUT2D eigenvalue weighted by atomic mass is 16.5. The van der Waals surface area contributed by atoms with E-state index in [9.17, 15) is 9.59 Å². The summed E-state index contributed by atoms with van der Waals surface area (Å²) >= 11 is 0. The Kier molecular flexibility index (Phi) is 5.95. The van der Waals surface area contributed by atoms with Crippen LogP contribution in [0.15, 0.2) is 48.5 Å². The molecule has 0 radical (unpaired) electrons. The minimum absolute atomic E-state index is 0.154. The molecule has 5 nitrogen and oxygen atoms in total. The minimum atomic E-state index is -0.402. The Bertz CT molecular complexity index is 687. The van der Waals surface area contributed by atoms with Gasteiger partial charge in [-0.3, -0.25) is 4.79 Å². The standard InChI is InChI=1S/C19H20O5/c1-13(2)23-19(21)15-6-10-17(11-7-15)24-18(20)12-14-4-8-16(22-3)9-5-14/h4-11,13H,12H2,1-3H3. The fourth-order valence-corrected chi connectivity index (χ4v) is 2.02. The predicted molar refractivity (Wildman–Crippen MR) is 89.3 cm³/mol. The molecule has 24 heavy (non-hydrogen) atoms. The van der Waals surface area contributed by atoms with Crippen molar-refractivity contribution in [3.05, 3.63) is 59.7 Å². The molecule has 0 N–H and O–H groups in total.